The molecule has 31 heavy (non-hydrogen) atoms. The summed E-state index contributed by atoms with van der Waals surface area (Å²) in [7, 11) is 1.58. The Labute approximate surface area is 181 Å². The quantitative estimate of drug-likeness (QED) is 0.732. The lowest BCUT2D eigenvalue weighted by atomic mass is 10.2. The topological polar surface area (TPSA) is 81.5 Å². The van der Waals surface area contributed by atoms with Crippen molar-refractivity contribution in [3.8, 4) is 17.2 Å². The van der Waals surface area contributed by atoms with Crippen LogP contribution in [0, 0.1) is 0 Å². The van der Waals surface area contributed by atoms with Gasteiger partial charge in [0, 0.05) is 0 Å². The Kier molecular flexibility index (Phi) is 6.27. The molecule has 0 spiro atoms. The molecule has 0 aromatic heterocycles. The van der Waals surface area contributed by atoms with E-state index in [2.05, 4.69) is 5.32 Å². The predicted molar refractivity (Wildman–Crippen MR) is 115 cm³/mol. The van der Waals surface area contributed by atoms with E-state index in [1.807, 2.05) is 49.4 Å². The van der Waals surface area contributed by atoms with Crippen LogP contribution in [0.4, 0.5) is 5.69 Å². The molecule has 2 atom stereocenters. The molecule has 0 saturated carbocycles. The molecule has 8 heteroatoms. The molecule has 164 valence electrons. The summed E-state index contributed by atoms with van der Waals surface area (Å²) in [6.45, 7) is 4.64. The third-order valence-electron chi connectivity index (χ3n) is 5.87. The van der Waals surface area contributed by atoms with E-state index >= 15 is 0 Å². The number of methoxy groups -OCH3 is 1. The number of piperazine rings is 1. The number of nitrogens with one attached hydrogen (secondary N) is 2. The molecule has 2 aliphatic heterocycles. The van der Waals surface area contributed by atoms with Crippen LogP contribution in [0.25, 0.3) is 0 Å². The van der Waals surface area contributed by atoms with Crippen molar-refractivity contribution in [3.63, 3.8) is 0 Å². The van der Waals surface area contributed by atoms with Crippen LogP contribution in [0.3, 0.4) is 0 Å². The Balaban J connectivity index is 1.30. The maximum atomic E-state index is 12.9. The maximum Gasteiger partial charge on any atom is 0.282 e. The first-order chi connectivity index (χ1) is 15.1. The van der Waals surface area contributed by atoms with E-state index in [0.29, 0.717) is 49.1 Å². The average molecular weight is 426 g/mol. The fraction of sp³-hybridized carbons (Fsp3) is 0.391. The van der Waals surface area contributed by atoms with Gasteiger partial charge in [-0.2, -0.15) is 0 Å². The Morgan fingerprint density at radius 1 is 1.10 bits per heavy atom. The molecule has 8 nitrogen and oxygen atoms in total. The van der Waals surface area contributed by atoms with Crippen LogP contribution in [0.5, 0.6) is 17.2 Å². The van der Waals surface area contributed by atoms with Gasteiger partial charge in [0.25, 0.3) is 11.8 Å². The summed E-state index contributed by atoms with van der Waals surface area (Å²) in [6.07, 6.45) is -0.636. The van der Waals surface area contributed by atoms with Crippen molar-refractivity contribution < 1.29 is 28.7 Å². The molecule has 1 saturated heterocycles. The van der Waals surface area contributed by atoms with Crippen molar-refractivity contribution >= 4 is 17.5 Å². The molecule has 2 aliphatic rings. The lowest BCUT2D eigenvalue weighted by Crippen LogP contribution is -3.19. The smallest absolute Gasteiger partial charge is 0.282 e. The number of hydrogen-bond acceptors (Lipinski definition) is 5. The number of hydrogen-bond donors (Lipinski definition) is 2. The minimum Gasteiger partial charge on any atom is -0.495 e. The van der Waals surface area contributed by atoms with Crippen LogP contribution in [0.1, 0.15) is 6.92 Å². The van der Waals surface area contributed by atoms with Gasteiger partial charge in [0.1, 0.15) is 12.4 Å². The summed E-state index contributed by atoms with van der Waals surface area (Å²) in [5.74, 6) is 1.75. The highest BCUT2D eigenvalue weighted by molar-refractivity contribution is 5.95. The van der Waals surface area contributed by atoms with Gasteiger partial charge in [-0.3, -0.25) is 9.59 Å². The van der Waals surface area contributed by atoms with Crippen LogP contribution in [-0.2, 0) is 9.59 Å². The highest BCUT2D eigenvalue weighted by Crippen LogP contribution is 2.31. The van der Waals surface area contributed by atoms with Crippen LogP contribution in [-0.4, -0.2) is 68.8 Å². The molecule has 2 aromatic rings. The van der Waals surface area contributed by atoms with Crippen molar-refractivity contribution in [2.75, 3.05) is 45.2 Å². The summed E-state index contributed by atoms with van der Waals surface area (Å²) < 4.78 is 16.8. The number of ether oxygens (including phenoxy) is 3. The standard InChI is InChI=1S/C23H27N3O5/c1-16(22(27)24-17-7-3-4-8-18(17)29-2)25-11-13-26(14-12-25)23(28)21-15-30-19-9-5-6-10-20(19)31-21/h3-10,16,21H,11-15H2,1-2H3,(H,24,27)/p+1/t16-,21-/m1/s1. The van der Waals surface area contributed by atoms with E-state index in [4.69, 9.17) is 14.2 Å². The highest BCUT2D eigenvalue weighted by atomic mass is 16.6. The van der Waals surface area contributed by atoms with Gasteiger partial charge < -0.3 is 29.3 Å². The van der Waals surface area contributed by atoms with Gasteiger partial charge in [-0.05, 0) is 31.2 Å². The number of para-hydroxylation sites is 4. The number of benzene rings is 2. The number of carbonyl (C=O) groups excluding carboxylic acids is 2. The minimum absolute atomic E-state index is 0.0695. The molecule has 1 fully saturated rings. The van der Waals surface area contributed by atoms with Gasteiger partial charge in [-0.25, -0.2) is 0 Å². The van der Waals surface area contributed by atoms with Crippen LogP contribution in [0.2, 0.25) is 0 Å². The molecular weight excluding hydrogens is 398 g/mol. The van der Waals surface area contributed by atoms with Crippen molar-refractivity contribution in [1.82, 2.24) is 4.90 Å². The zero-order chi connectivity index (χ0) is 21.8. The second-order valence-electron chi connectivity index (χ2n) is 7.76. The first kappa shape index (κ1) is 21.0. The molecule has 2 N–H and O–H groups in total. The number of fused-ring (bicyclic) bond motifs is 1. The third-order valence-corrected chi connectivity index (χ3v) is 5.87. The predicted octanol–water partition coefficient (Wildman–Crippen LogP) is 0.589. The van der Waals surface area contributed by atoms with Gasteiger partial charge in [-0.15, -0.1) is 0 Å². The minimum atomic E-state index is -0.636. The lowest BCUT2D eigenvalue weighted by molar-refractivity contribution is -0.917. The van der Waals surface area contributed by atoms with Crippen molar-refractivity contribution in [1.29, 1.82) is 0 Å². The number of quaternary nitrogens is 1. The number of nitrogens with zero attached hydrogens (tertiary/aromatic N) is 1. The molecule has 2 heterocycles. The van der Waals surface area contributed by atoms with E-state index in [0.717, 1.165) is 4.90 Å². The fourth-order valence-electron chi connectivity index (χ4n) is 3.97. The van der Waals surface area contributed by atoms with Crippen LogP contribution >= 0.6 is 0 Å². The van der Waals surface area contributed by atoms with Crippen molar-refractivity contribution in [3.05, 3.63) is 48.5 Å². The van der Waals surface area contributed by atoms with E-state index < -0.39 is 6.10 Å². The summed E-state index contributed by atoms with van der Waals surface area (Å²) in [6, 6.07) is 14.5. The second kappa shape index (κ2) is 9.26. The Morgan fingerprint density at radius 2 is 1.77 bits per heavy atom. The largest absolute Gasteiger partial charge is 0.495 e. The number of anilines is 1. The van der Waals surface area contributed by atoms with Gasteiger partial charge >= 0.3 is 0 Å². The zero-order valence-corrected chi connectivity index (χ0v) is 17.8. The number of carbonyl (C=O) groups is 2. The molecule has 0 bridgehead atoms. The number of rotatable bonds is 5. The zero-order valence-electron chi connectivity index (χ0n) is 17.8. The maximum absolute atomic E-state index is 12.9. The first-order valence-electron chi connectivity index (χ1n) is 10.5. The van der Waals surface area contributed by atoms with Gasteiger partial charge in [0.05, 0.1) is 39.0 Å². The molecule has 2 aromatic carbocycles. The number of amides is 2. The molecule has 4 rings (SSSR count). The first-order valence-corrected chi connectivity index (χ1v) is 10.5. The summed E-state index contributed by atoms with van der Waals surface area (Å²) in [5, 5.41) is 2.95. The monoisotopic (exact) mass is 426 g/mol. The molecule has 0 aliphatic carbocycles. The second-order valence-corrected chi connectivity index (χ2v) is 7.76. The van der Waals surface area contributed by atoms with E-state index in [1.165, 1.54) is 0 Å². The molecule has 2 amide bonds. The van der Waals surface area contributed by atoms with Crippen molar-refractivity contribution in [2.24, 2.45) is 0 Å². The lowest BCUT2D eigenvalue weighted by Gasteiger charge is -2.37. The van der Waals surface area contributed by atoms with Gasteiger partial charge in [0.15, 0.2) is 17.5 Å². The van der Waals surface area contributed by atoms with E-state index in [-0.39, 0.29) is 24.5 Å². The highest BCUT2D eigenvalue weighted by Gasteiger charge is 2.36. The molecule has 0 unspecified atom stereocenters. The van der Waals surface area contributed by atoms with Crippen LogP contribution < -0.4 is 24.4 Å². The van der Waals surface area contributed by atoms with Crippen molar-refractivity contribution in [2.45, 2.75) is 19.1 Å². The SMILES string of the molecule is COc1ccccc1NC(=O)[C@@H](C)[NH+]1CCN(C(=O)[C@H]2COc3ccccc3O2)CC1. The van der Waals surface area contributed by atoms with Gasteiger partial charge in [0.2, 0.25) is 6.10 Å². The third kappa shape index (κ3) is 4.59. The van der Waals surface area contributed by atoms with Gasteiger partial charge in [-0.1, -0.05) is 24.3 Å². The Morgan fingerprint density at radius 3 is 2.52 bits per heavy atom. The normalized spacial score (nSPS) is 19.4. The fourth-order valence-corrected chi connectivity index (χ4v) is 3.97. The Bertz CT molecular complexity index is 942. The van der Waals surface area contributed by atoms with E-state index in [1.54, 1.807) is 18.1 Å². The average Bonchev–Trinajstić information content (AvgIpc) is 2.83. The molecule has 0 radical (unpaired) electrons. The summed E-state index contributed by atoms with van der Waals surface area (Å²) >= 11 is 0. The van der Waals surface area contributed by atoms with E-state index in [9.17, 15) is 9.59 Å². The molecular formula is C23H28N3O5+. The summed E-state index contributed by atoms with van der Waals surface area (Å²) in [5.41, 5.74) is 0.657. The van der Waals surface area contributed by atoms with Crippen LogP contribution in [0.15, 0.2) is 48.5 Å². The Hall–Kier alpha value is -3.26. The summed E-state index contributed by atoms with van der Waals surface area (Å²) in [4.78, 5) is 28.6.